The van der Waals surface area contributed by atoms with Gasteiger partial charge < -0.3 is 9.47 Å². The minimum absolute atomic E-state index is 0.800. The molecule has 0 bridgehead atoms. The quantitative estimate of drug-likeness (QED) is 0.570. The van der Waals surface area contributed by atoms with Crippen molar-refractivity contribution in [3.63, 3.8) is 0 Å². The highest BCUT2D eigenvalue weighted by Crippen LogP contribution is 2.22. The van der Waals surface area contributed by atoms with Crippen molar-refractivity contribution in [1.82, 2.24) is 0 Å². The largest absolute Gasteiger partial charge is 0.497 e. The van der Waals surface area contributed by atoms with Crippen LogP contribution in [-0.2, 0) is 0 Å². The molecule has 0 amide bonds. The number of hydrogen-bond acceptors (Lipinski definition) is 2. The summed E-state index contributed by atoms with van der Waals surface area (Å²) in [6.07, 6.45) is 4.57. The molecule has 92 valence electrons. The molecule has 0 N–H and O–H groups in total. The first-order valence-corrected chi connectivity index (χ1v) is 6.02. The molecule has 0 heterocycles. The Labute approximate surface area is 104 Å². The number of rotatable bonds is 5. The van der Waals surface area contributed by atoms with Crippen LogP contribution >= 0.6 is 0 Å². The van der Waals surface area contributed by atoms with Crippen molar-refractivity contribution in [1.29, 1.82) is 0 Å². The molecule has 0 aliphatic carbocycles. The number of ether oxygens (including phenoxy) is 2. The number of hydrogen-bond donors (Lipinski definition) is 0. The minimum atomic E-state index is 0.800. The van der Waals surface area contributed by atoms with Crippen LogP contribution in [0.15, 0.2) is 18.2 Å². The lowest BCUT2D eigenvalue weighted by molar-refractivity contribution is 0.402. The van der Waals surface area contributed by atoms with Crippen LogP contribution in [0.1, 0.15) is 38.2 Å². The van der Waals surface area contributed by atoms with Crippen LogP contribution in [0.2, 0.25) is 0 Å². The molecule has 0 saturated carbocycles. The molecular weight excluding hydrogens is 212 g/mol. The molecule has 0 fully saturated rings. The fourth-order valence-electron chi connectivity index (χ4n) is 1.53. The Bertz CT molecular complexity index is 399. The van der Waals surface area contributed by atoms with E-state index in [0.29, 0.717) is 0 Å². The van der Waals surface area contributed by atoms with Crippen molar-refractivity contribution in [3.8, 4) is 23.3 Å². The lowest BCUT2D eigenvalue weighted by atomic mass is 10.1. The second kappa shape index (κ2) is 7.62. The maximum atomic E-state index is 5.26. The van der Waals surface area contributed by atoms with Gasteiger partial charge in [0.25, 0.3) is 0 Å². The van der Waals surface area contributed by atoms with Crippen molar-refractivity contribution in [2.24, 2.45) is 0 Å². The van der Waals surface area contributed by atoms with E-state index < -0.39 is 0 Å². The van der Waals surface area contributed by atoms with E-state index in [1.165, 1.54) is 12.8 Å². The van der Waals surface area contributed by atoms with Crippen LogP contribution in [0, 0.1) is 11.8 Å². The monoisotopic (exact) mass is 232 g/mol. The summed E-state index contributed by atoms with van der Waals surface area (Å²) in [6, 6.07) is 5.67. The zero-order chi connectivity index (χ0) is 12.5. The van der Waals surface area contributed by atoms with E-state index in [2.05, 4.69) is 18.8 Å². The van der Waals surface area contributed by atoms with Crippen LogP contribution < -0.4 is 9.47 Å². The molecule has 0 atom stereocenters. The molecule has 1 rings (SSSR count). The third-order valence-corrected chi connectivity index (χ3v) is 2.54. The maximum Gasteiger partial charge on any atom is 0.134 e. The Morgan fingerprint density at radius 3 is 2.59 bits per heavy atom. The predicted molar refractivity (Wildman–Crippen MR) is 70.6 cm³/mol. The Hall–Kier alpha value is -1.62. The molecule has 0 aliphatic heterocycles. The zero-order valence-electron chi connectivity index (χ0n) is 10.9. The first-order chi connectivity index (χ1) is 8.31. The Morgan fingerprint density at radius 1 is 1.12 bits per heavy atom. The smallest absolute Gasteiger partial charge is 0.134 e. The van der Waals surface area contributed by atoms with E-state index in [-0.39, 0.29) is 0 Å². The SMILES string of the molecule is CCCCCC#Cc1cc(OC)ccc1OC. The average molecular weight is 232 g/mol. The van der Waals surface area contributed by atoms with Gasteiger partial charge in [0, 0.05) is 6.42 Å². The first-order valence-electron chi connectivity index (χ1n) is 6.02. The van der Waals surface area contributed by atoms with Crippen LogP contribution in [0.25, 0.3) is 0 Å². The summed E-state index contributed by atoms with van der Waals surface area (Å²) in [5.74, 6) is 7.93. The molecule has 0 saturated heterocycles. The maximum absolute atomic E-state index is 5.26. The van der Waals surface area contributed by atoms with Gasteiger partial charge in [-0.25, -0.2) is 0 Å². The summed E-state index contributed by atoms with van der Waals surface area (Å²) in [7, 11) is 3.31. The van der Waals surface area contributed by atoms with E-state index in [1.54, 1.807) is 14.2 Å². The Balaban J connectivity index is 2.73. The van der Waals surface area contributed by atoms with Crippen molar-refractivity contribution < 1.29 is 9.47 Å². The molecule has 0 aliphatic rings. The fourth-order valence-corrected chi connectivity index (χ4v) is 1.53. The summed E-state index contributed by atoms with van der Waals surface area (Å²) in [4.78, 5) is 0. The van der Waals surface area contributed by atoms with Crippen molar-refractivity contribution in [3.05, 3.63) is 23.8 Å². The van der Waals surface area contributed by atoms with Crippen molar-refractivity contribution >= 4 is 0 Å². The predicted octanol–water partition coefficient (Wildman–Crippen LogP) is 3.64. The highest BCUT2D eigenvalue weighted by Gasteiger charge is 2.01. The molecule has 0 aromatic heterocycles. The van der Waals surface area contributed by atoms with Crippen molar-refractivity contribution in [2.45, 2.75) is 32.6 Å². The molecule has 0 unspecified atom stereocenters. The Morgan fingerprint density at radius 2 is 1.94 bits per heavy atom. The normalized spacial score (nSPS) is 9.35. The summed E-state index contributed by atoms with van der Waals surface area (Å²) >= 11 is 0. The van der Waals surface area contributed by atoms with Gasteiger partial charge >= 0.3 is 0 Å². The van der Waals surface area contributed by atoms with Crippen LogP contribution in [0.4, 0.5) is 0 Å². The molecule has 0 spiro atoms. The average Bonchev–Trinajstić information content (AvgIpc) is 2.38. The molecule has 17 heavy (non-hydrogen) atoms. The number of methoxy groups -OCH3 is 2. The van der Waals surface area contributed by atoms with E-state index >= 15 is 0 Å². The van der Waals surface area contributed by atoms with E-state index in [4.69, 9.17) is 9.47 Å². The lowest BCUT2D eigenvalue weighted by Crippen LogP contribution is -1.90. The van der Waals surface area contributed by atoms with Gasteiger partial charge in [-0.3, -0.25) is 0 Å². The topological polar surface area (TPSA) is 18.5 Å². The van der Waals surface area contributed by atoms with E-state index in [0.717, 1.165) is 29.9 Å². The summed E-state index contributed by atoms with van der Waals surface area (Å²) in [6.45, 7) is 2.19. The standard InChI is InChI=1S/C15H20O2/c1-4-5-6-7-8-9-13-12-14(16-2)10-11-15(13)17-3/h10-12H,4-7H2,1-3H3. The molecule has 1 aromatic carbocycles. The first kappa shape index (κ1) is 13.4. The van der Waals surface area contributed by atoms with Crippen LogP contribution in [0.3, 0.4) is 0 Å². The summed E-state index contributed by atoms with van der Waals surface area (Å²) < 4.78 is 10.4. The molecule has 0 radical (unpaired) electrons. The molecule has 1 aromatic rings. The fraction of sp³-hybridized carbons (Fsp3) is 0.467. The van der Waals surface area contributed by atoms with Crippen molar-refractivity contribution in [2.75, 3.05) is 14.2 Å². The number of benzene rings is 1. The van der Waals surface area contributed by atoms with Gasteiger partial charge in [-0.1, -0.05) is 31.6 Å². The van der Waals surface area contributed by atoms with Gasteiger partial charge in [-0.05, 0) is 24.6 Å². The third-order valence-electron chi connectivity index (χ3n) is 2.54. The minimum Gasteiger partial charge on any atom is -0.497 e. The highest BCUT2D eigenvalue weighted by molar-refractivity contribution is 5.50. The summed E-state index contributed by atoms with van der Waals surface area (Å²) in [5.41, 5.74) is 0.892. The molecule has 2 heteroatoms. The second-order valence-electron chi connectivity index (χ2n) is 3.83. The van der Waals surface area contributed by atoms with Gasteiger partial charge in [0.15, 0.2) is 0 Å². The second-order valence-corrected chi connectivity index (χ2v) is 3.83. The van der Waals surface area contributed by atoms with Gasteiger partial charge in [0.2, 0.25) is 0 Å². The third kappa shape index (κ3) is 4.40. The highest BCUT2D eigenvalue weighted by atomic mass is 16.5. The number of unbranched alkanes of at least 4 members (excludes halogenated alkanes) is 3. The van der Waals surface area contributed by atoms with E-state index in [9.17, 15) is 0 Å². The van der Waals surface area contributed by atoms with Crippen LogP contribution in [0.5, 0.6) is 11.5 Å². The van der Waals surface area contributed by atoms with Gasteiger partial charge in [0.1, 0.15) is 11.5 Å². The van der Waals surface area contributed by atoms with E-state index in [1.807, 2.05) is 18.2 Å². The summed E-state index contributed by atoms with van der Waals surface area (Å²) in [5, 5.41) is 0. The molecule has 2 nitrogen and oxygen atoms in total. The van der Waals surface area contributed by atoms with Gasteiger partial charge in [0.05, 0.1) is 19.8 Å². The van der Waals surface area contributed by atoms with Crippen LogP contribution in [-0.4, -0.2) is 14.2 Å². The zero-order valence-corrected chi connectivity index (χ0v) is 10.9. The van der Waals surface area contributed by atoms with Gasteiger partial charge in [-0.2, -0.15) is 0 Å². The van der Waals surface area contributed by atoms with Gasteiger partial charge in [-0.15, -0.1) is 0 Å². The Kier molecular flexibility index (Phi) is 6.03. The lowest BCUT2D eigenvalue weighted by Gasteiger charge is -2.05. The molecular formula is C15H20O2.